The molecule has 0 aliphatic heterocycles. The van der Waals surface area contributed by atoms with Gasteiger partial charge >= 0.3 is 0 Å². The van der Waals surface area contributed by atoms with Crippen molar-refractivity contribution in [3.8, 4) is 44.5 Å². The Labute approximate surface area is 362 Å². The van der Waals surface area contributed by atoms with Gasteiger partial charge in [-0.3, -0.25) is 0 Å². The zero-order valence-corrected chi connectivity index (χ0v) is 34.8. The fraction of sp³-hybridized carbons (Fsp3) is 0. The van der Waals surface area contributed by atoms with E-state index < -0.39 is 0 Å². The highest BCUT2D eigenvalue weighted by molar-refractivity contribution is 7.26. The van der Waals surface area contributed by atoms with Crippen molar-refractivity contribution in [1.82, 2.24) is 0 Å². The van der Waals surface area contributed by atoms with E-state index in [1.54, 1.807) is 0 Å². The summed E-state index contributed by atoms with van der Waals surface area (Å²) in [6.45, 7) is 0. The molecule has 0 aliphatic carbocycles. The fourth-order valence-electron chi connectivity index (χ4n) is 9.09. The number of rotatable bonds is 7. The molecular weight excluding hydrogens is 775 g/mol. The Bertz CT molecular complexity index is 3630. The minimum atomic E-state index is 1.10. The third-order valence-corrected chi connectivity index (χ3v) is 14.4. The van der Waals surface area contributed by atoms with Crippen LogP contribution in [0, 0.1) is 0 Å². The normalized spacial score (nSPS) is 11.6. The highest BCUT2D eigenvalue weighted by Gasteiger charge is 2.20. The van der Waals surface area contributed by atoms with Gasteiger partial charge in [-0.25, -0.2) is 0 Å². The van der Waals surface area contributed by atoms with Gasteiger partial charge in [-0.05, 0) is 110 Å². The van der Waals surface area contributed by atoms with Gasteiger partial charge in [-0.1, -0.05) is 164 Å². The molecule has 0 unspecified atom stereocenters. The van der Waals surface area contributed by atoms with Crippen LogP contribution < -0.4 is 4.90 Å². The predicted octanol–water partition coefficient (Wildman–Crippen LogP) is 17.7. The fourth-order valence-corrected chi connectivity index (χ4v) is 11.5. The monoisotopic (exact) mass is 811 g/mol. The molecular formula is C58H37NS2. The highest BCUT2D eigenvalue weighted by Crippen LogP contribution is 2.45. The summed E-state index contributed by atoms with van der Waals surface area (Å²) in [5, 5.41) is 7.74. The van der Waals surface area contributed by atoms with Crippen molar-refractivity contribution < 1.29 is 0 Å². The molecule has 2 heterocycles. The Morgan fingerprint density at radius 2 is 0.803 bits per heavy atom. The first kappa shape index (κ1) is 35.6. The van der Waals surface area contributed by atoms with Crippen LogP contribution in [0.3, 0.4) is 0 Å². The molecule has 0 aliphatic rings. The zero-order valence-electron chi connectivity index (χ0n) is 33.1. The van der Waals surface area contributed by atoms with Crippen molar-refractivity contribution in [2.24, 2.45) is 0 Å². The Morgan fingerprint density at radius 1 is 0.279 bits per heavy atom. The first-order valence-electron chi connectivity index (χ1n) is 20.7. The number of benzene rings is 10. The summed E-state index contributed by atoms with van der Waals surface area (Å²) in [4.78, 5) is 2.44. The van der Waals surface area contributed by atoms with Gasteiger partial charge in [-0.2, -0.15) is 0 Å². The van der Waals surface area contributed by atoms with E-state index in [0.717, 1.165) is 17.1 Å². The maximum Gasteiger partial charge on any atom is 0.0540 e. The van der Waals surface area contributed by atoms with Gasteiger partial charge in [0.05, 0.1) is 5.69 Å². The predicted molar refractivity (Wildman–Crippen MR) is 266 cm³/mol. The van der Waals surface area contributed by atoms with E-state index in [-0.39, 0.29) is 0 Å². The largest absolute Gasteiger partial charge is 0.310 e. The van der Waals surface area contributed by atoms with Crippen LogP contribution in [0.2, 0.25) is 0 Å². The molecule has 10 aromatic carbocycles. The van der Waals surface area contributed by atoms with E-state index in [9.17, 15) is 0 Å². The second-order valence-electron chi connectivity index (χ2n) is 15.7. The minimum absolute atomic E-state index is 1.10. The van der Waals surface area contributed by atoms with Crippen LogP contribution in [-0.2, 0) is 0 Å². The molecule has 0 bridgehead atoms. The van der Waals surface area contributed by atoms with Crippen LogP contribution in [-0.4, -0.2) is 0 Å². The third kappa shape index (κ3) is 6.29. The summed E-state index contributed by atoms with van der Waals surface area (Å²) in [6, 6.07) is 82.5. The summed E-state index contributed by atoms with van der Waals surface area (Å²) in [6.07, 6.45) is 0. The van der Waals surface area contributed by atoms with Crippen LogP contribution >= 0.6 is 22.7 Å². The number of anilines is 3. The molecule has 0 saturated heterocycles. The van der Waals surface area contributed by atoms with E-state index in [1.165, 1.54) is 95.6 Å². The Morgan fingerprint density at radius 3 is 1.61 bits per heavy atom. The van der Waals surface area contributed by atoms with Gasteiger partial charge in [0.2, 0.25) is 0 Å². The lowest BCUT2D eigenvalue weighted by molar-refractivity contribution is 1.28. The van der Waals surface area contributed by atoms with E-state index in [0.29, 0.717) is 0 Å². The SMILES string of the molecule is c1cc(-c2cccc(N(c3cccc(-c4ccc5ccccc5c4)c3)c3ccccc3-c3ccc4c(c3)sc3ccccc34)c2)cc(-c2cccc3c2sc2ccccc23)c1. The number of hydrogen-bond acceptors (Lipinski definition) is 3. The molecule has 0 saturated carbocycles. The summed E-state index contributed by atoms with van der Waals surface area (Å²) >= 11 is 3.75. The molecule has 12 rings (SSSR count). The maximum absolute atomic E-state index is 2.44. The summed E-state index contributed by atoms with van der Waals surface area (Å²) in [5.41, 5.74) is 12.9. The van der Waals surface area contributed by atoms with Crippen molar-refractivity contribution in [3.05, 3.63) is 224 Å². The van der Waals surface area contributed by atoms with Crippen LogP contribution in [0.15, 0.2) is 224 Å². The van der Waals surface area contributed by atoms with Crippen molar-refractivity contribution >= 4 is 90.9 Å². The topological polar surface area (TPSA) is 3.24 Å². The third-order valence-electron chi connectivity index (χ3n) is 12.0. The van der Waals surface area contributed by atoms with Crippen molar-refractivity contribution in [2.75, 3.05) is 4.90 Å². The molecule has 1 nitrogen and oxygen atoms in total. The van der Waals surface area contributed by atoms with E-state index in [1.807, 2.05) is 22.7 Å². The number of hydrogen-bond donors (Lipinski definition) is 0. The van der Waals surface area contributed by atoms with Gasteiger partial charge in [0.15, 0.2) is 0 Å². The molecule has 286 valence electrons. The van der Waals surface area contributed by atoms with Crippen LogP contribution in [0.1, 0.15) is 0 Å². The van der Waals surface area contributed by atoms with Gasteiger partial charge in [0.1, 0.15) is 0 Å². The Balaban J connectivity index is 1.01. The van der Waals surface area contributed by atoms with Crippen LogP contribution in [0.25, 0.3) is 95.6 Å². The lowest BCUT2D eigenvalue weighted by Gasteiger charge is -2.29. The van der Waals surface area contributed by atoms with Gasteiger partial charge in [-0.15, -0.1) is 22.7 Å². The lowest BCUT2D eigenvalue weighted by Crippen LogP contribution is -2.11. The zero-order chi connectivity index (χ0) is 40.3. The van der Waals surface area contributed by atoms with E-state index in [2.05, 4.69) is 229 Å². The average molecular weight is 812 g/mol. The molecule has 3 heteroatoms. The second kappa shape index (κ2) is 14.8. The second-order valence-corrected chi connectivity index (χ2v) is 17.8. The molecule has 2 aromatic heterocycles. The molecule has 0 amide bonds. The van der Waals surface area contributed by atoms with Crippen LogP contribution in [0.4, 0.5) is 17.1 Å². The average Bonchev–Trinajstić information content (AvgIpc) is 3.90. The number of thiophene rings is 2. The number of para-hydroxylation sites is 1. The molecule has 61 heavy (non-hydrogen) atoms. The Hall–Kier alpha value is -7.30. The van der Waals surface area contributed by atoms with E-state index >= 15 is 0 Å². The number of nitrogens with zero attached hydrogens (tertiary/aromatic N) is 1. The number of fused-ring (bicyclic) bond motifs is 7. The van der Waals surface area contributed by atoms with Crippen molar-refractivity contribution in [3.63, 3.8) is 0 Å². The first-order valence-corrected chi connectivity index (χ1v) is 22.4. The standard InChI is InChI=1S/C58H37NS2/c1-2-14-39-33-43(30-29-38(39)13-1)42-17-11-20-47(36-42)59(54-26-6-3-21-48(54)45-31-32-52-50-22-4-7-27-55(50)60-57(52)37-45)46-19-10-16-41(35-46)40-15-9-18-44(34-40)49-24-12-25-53-51-23-5-8-28-56(51)61-58(49)53/h1-37H. The van der Waals surface area contributed by atoms with Crippen molar-refractivity contribution in [1.29, 1.82) is 0 Å². The van der Waals surface area contributed by atoms with Gasteiger partial charge < -0.3 is 4.90 Å². The molecule has 12 aromatic rings. The quantitative estimate of drug-likeness (QED) is 0.155. The van der Waals surface area contributed by atoms with Crippen molar-refractivity contribution in [2.45, 2.75) is 0 Å². The molecule has 0 atom stereocenters. The molecule has 0 fully saturated rings. The molecule has 0 N–H and O–H groups in total. The first-order chi connectivity index (χ1) is 30.2. The summed E-state index contributed by atoms with van der Waals surface area (Å²) in [5.74, 6) is 0. The maximum atomic E-state index is 2.44. The van der Waals surface area contributed by atoms with E-state index in [4.69, 9.17) is 0 Å². The van der Waals surface area contributed by atoms with Gasteiger partial charge in [0, 0.05) is 57.3 Å². The highest BCUT2D eigenvalue weighted by atomic mass is 32.1. The minimum Gasteiger partial charge on any atom is -0.310 e. The van der Waals surface area contributed by atoms with Gasteiger partial charge in [0.25, 0.3) is 0 Å². The Kier molecular flexibility index (Phi) is 8.62. The summed E-state index contributed by atoms with van der Waals surface area (Å²) < 4.78 is 5.27. The smallest absolute Gasteiger partial charge is 0.0540 e. The summed E-state index contributed by atoms with van der Waals surface area (Å²) in [7, 11) is 0. The van der Waals surface area contributed by atoms with Crippen LogP contribution in [0.5, 0.6) is 0 Å². The molecule has 0 spiro atoms. The molecule has 0 radical (unpaired) electrons. The lowest BCUT2D eigenvalue weighted by atomic mass is 9.96.